The quantitative estimate of drug-likeness (QED) is 0.771. The first-order valence-corrected chi connectivity index (χ1v) is 8.95. The van der Waals surface area contributed by atoms with E-state index in [-0.39, 0.29) is 11.6 Å². The second kappa shape index (κ2) is 7.76. The average Bonchev–Trinajstić information content (AvgIpc) is 2.47. The Labute approximate surface area is 132 Å². The first-order valence-electron chi connectivity index (χ1n) is 7.10. The van der Waals surface area contributed by atoms with Gasteiger partial charge < -0.3 is 5.32 Å². The molecule has 1 aliphatic rings. The minimum absolute atomic E-state index is 0.128. The SMILES string of the molecule is CCNC(Cc1c(F)ccc(Br)c1F)C1CCCCS1. The van der Waals surface area contributed by atoms with E-state index in [1.807, 2.05) is 18.7 Å². The van der Waals surface area contributed by atoms with Gasteiger partial charge in [0.25, 0.3) is 0 Å². The minimum atomic E-state index is -0.464. The van der Waals surface area contributed by atoms with Crippen LogP contribution in [0.15, 0.2) is 16.6 Å². The lowest BCUT2D eigenvalue weighted by Gasteiger charge is -2.30. The molecule has 1 saturated heterocycles. The highest BCUT2D eigenvalue weighted by atomic mass is 79.9. The molecule has 20 heavy (non-hydrogen) atoms. The van der Waals surface area contributed by atoms with E-state index in [1.165, 1.54) is 25.0 Å². The van der Waals surface area contributed by atoms with Crippen molar-refractivity contribution in [2.24, 2.45) is 0 Å². The van der Waals surface area contributed by atoms with Gasteiger partial charge in [-0.25, -0.2) is 8.78 Å². The van der Waals surface area contributed by atoms with Gasteiger partial charge in [-0.15, -0.1) is 0 Å². The molecule has 0 spiro atoms. The van der Waals surface area contributed by atoms with Crippen molar-refractivity contribution in [2.45, 2.75) is 43.9 Å². The molecule has 1 nitrogen and oxygen atoms in total. The Bertz CT molecular complexity index is 450. The van der Waals surface area contributed by atoms with Crippen molar-refractivity contribution in [3.63, 3.8) is 0 Å². The maximum atomic E-state index is 14.1. The van der Waals surface area contributed by atoms with Crippen LogP contribution < -0.4 is 5.32 Å². The zero-order valence-corrected chi connectivity index (χ0v) is 14.0. The van der Waals surface area contributed by atoms with Gasteiger partial charge in [0.2, 0.25) is 0 Å². The van der Waals surface area contributed by atoms with Crippen LogP contribution >= 0.6 is 27.7 Å². The first-order chi connectivity index (χ1) is 9.63. The fourth-order valence-corrected chi connectivity index (χ4v) is 4.46. The predicted molar refractivity (Wildman–Crippen MR) is 85.3 cm³/mol. The third-order valence-electron chi connectivity index (χ3n) is 3.69. The molecule has 0 aliphatic carbocycles. The molecule has 1 aliphatic heterocycles. The monoisotopic (exact) mass is 363 g/mol. The summed E-state index contributed by atoms with van der Waals surface area (Å²) >= 11 is 5.07. The zero-order chi connectivity index (χ0) is 14.5. The number of hydrogen-bond acceptors (Lipinski definition) is 2. The summed E-state index contributed by atoms with van der Waals surface area (Å²) in [5.74, 6) is 0.235. The van der Waals surface area contributed by atoms with Crippen LogP contribution in [0, 0.1) is 11.6 Å². The van der Waals surface area contributed by atoms with Crippen molar-refractivity contribution in [1.82, 2.24) is 5.32 Å². The summed E-state index contributed by atoms with van der Waals surface area (Å²) in [5.41, 5.74) is 0.191. The van der Waals surface area contributed by atoms with E-state index in [2.05, 4.69) is 21.2 Å². The summed E-state index contributed by atoms with van der Waals surface area (Å²) in [4.78, 5) is 0. The maximum Gasteiger partial charge on any atom is 0.143 e. The summed E-state index contributed by atoms with van der Waals surface area (Å²) in [6, 6.07) is 2.88. The lowest BCUT2D eigenvalue weighted by Crippen LogP contribution is -2.41. The highest BCUT2D eigenvalue weighted by Crippen LogP contribution is 2.30. The van der Waals surface area contributed by atoms with Crippen LogP contribution in [0.2, 0.25) is 0 Å². The number of likely N-dealkylation sites (N-methyl/N-ethyl adjacent to an activating group) is 1. The molecule has 1 aromatic rings. The van der Waals surface area contributed by atoms with Crippen molar-refractivity contribution < 1.29 is 8.78 Å². The molecule has 2 unspecified atom stereocenters. The molecule has 2 rings (SSSR count). The van der Waals surface area contributed by atoms with Gasteiger partial charge in [-0.3, -0.25) is 0 Å². The van der Waals surface area contributed by atoms with Gasteiger partial charge in [0.15, 0.2) is 0 Å². The molecule has 0 saturated carbocycles. The Balaban J connectivity index is 2.17. The van der Waals surface area contributed by atoms with Crippen molar-refractivity contribution in [2.75, 3.05) is 12.3 Å². The molecule has 1 heterocycles. The van der Waals surface area contributed by atoms with E-state index in [0.29, 0.717) is 16.1 Å². The predicted octanol–water partition coefficient (Wildman–Crippen LogP) is 4.53. The number of rotatable bonds is 5. The van der Waals surface area contributed by atoms with E-state index in [1.54, 1.807) is 0 Å². The Hall–Kier alpha value is -0.130. The number of nitrogens with one attached hydrogen (secondary N) is 1. The molecule has 1 aromatic carbocycles. The second-order valence-corrected chi connectivity index (χ2v) is 7.30. The van der Waals surface area contributed by atoms with Crippen LogP contribution in [-0.4, -0.2) is 23.6 Å². The molecule has 112 valence electrons. The molecule has 5 heteroatoms. The summed E-state index contributed by atoms with van der Waals surface area (Å²) in [7, 11) is 0. The Morgan fingerprint density at radius 3 is 2.85 bits per heavy atom. The maximum absolute atomic E-state index is 14.1. The Morgan fingerprint density at radius 1 is 1.40 bits per heavy atom. The van der Waals surface area contributed by atoms with Crippen LogP contribution in [0.1, 0.15) is 31.7 Å². The highest BCUT2D eigenvalue weighted by molar-refractivity contribution is 9.10. The number of thioether (sulfide) groups is 1. The van der Waals surface area contributed by atoms with E-state index >= 15 is 0 Å². The lowest BCUT2D eigenvalue weighted by molar-refractivity contribution is 0.451. The van der Waals surface area contributed by atoms with Gasteiger partial charge in [0, 0.05) is 16.9 Å². The molecule has 0 radical (unpaired) electrons. The molecule has 1 fully saturated rings. The summed E-state index contributed by atoms with van der Waals surface area (Å²) in [5, 5.41) is 3.85. The van der Waals surface area contributed by atoms with Crippen molar-refractivity contribution in [3.05, 3.63) is 33.8 Å². The van der Waals surface area contributed by atoms with Gasteiger partial charge in [-0.05, 0) is 59.6 Å². The number of hydrogen-bond donors (Lipinski definition) is 1. The number of halogens is 3. The average molecular weight is 364 g/mol. The van der Waals surface area contributed by atoms with Gasteiger partial charge in [-0.2, -0.15) is 11.8 Å². The number of benzene rings is 1. The Morgan fingerprint density at radius 2 is 2.20 bits per heavy atom. The van der Waals surface area contributed by atoms with Crippen LogP contribution in [0.5, 0.6) is 0 Å². The standard InChI is InChI=1S/C15H20BrF2NS/c1-2-19-13(14-5-3-4-8-20-14)9-10-12(17)7-6-11(16)15(10)18/h6-7,13-14,19H,2-5,8-9H2,1H3. The largest absolute Gasteiger partial charge is 0.313 e. The van der Waals surface area contributed by atoms with Gasteiger partial charge in [-0.1, -0.05) is 13.3 Å². The smallest absolute Gasteiger partial charge is 0.143 e. The molecule has 0 amide bonds. The molecule has 0 aromatic heterocycles. The third kappa shape index (κ3) is 3.95. The van der Waals surface area contributed by atoms with E-state index in [0.717, 1.165) is 18.7 Å². The summed E-state index contributed by atoms with van der Waals surface area (Å²) < 4.78 is 28.3. The van der Waals surface area contributed by atoms with Crippen molar-refractivity contribution in [1.29, 1.82) is 0 Å². The second-order valence-electron chi connectivity index (χ2n) is 5.10. The lowest BCUT2D eigenvalue weighted by atomic mass is 9.98. The Kier molecular flexibility index (Phi) is 6.30. The van der Waals surface area contributed by atoms with Crippen LogP contribution in [0.4, 0.5) is 8.78 Å². The van der Waals surface area contributed by atoms with Crippen LogP contribution in [0.3, 0.4) is 0 Å². The normalized spacial score (nSPS) is 20.9. The zero-order valence-electron chi connectivity index (χ0n) is 11.6. The highest BCUT2D eigenvalue weighted by Gasteiger charge is 2.26. The molecule has 2 atom stereocenters. The van der Waals surface area contributed by atoms with Gasteiger partial charge in [0.05, 0.1) is 4.47 Å². The first kappa shape index (κ1) is 16.2. The van der Waals surface area contributed by atoms with Gasteiger partial charge >= 0.3 is 0 Å². The summed E-state index contributed by atoms with van der Waals surface area (Å²) in [6.07, 6.45) is 3.99. The van der Waals surface area contributed by atoms with E-state index in [9.17, 15) is 8.78 Å². The molecular formula is C15H20BrF2NS. The van der Waals surface area contributed by atoms with Crippen LogP contribution in [0.25, 0.3) is 0 Å². The van der Waals surface area contributed by atoms with E-state index in [4.69, 9.17) is 0 Å². The molecular weight excluding hydrogens is 344 g/mol. The van der Waals surface area contributed by atoms with Gasteiger partial charge in [0.1, 0.15) is 11.6 Å². The third-order valence-corrected chi connectivity index (χ3v) is 5.82. The minimum Gasteiger partial charge on any atom is -0.313 e. The fraction of sp³-hybridized carbons (Fsp3) is 0.600. The topological polar surface area (TPSA) is 12.0 Å². The van der Waals surface area contributed by atoms with Crippen molar-refractivity contribution in [3.8, 4) is 0 Å². The van der Waals surface area contributed by atoms with Crippen molar-refractivity contribution >= 4 is 27.7 Å². The van der Waals surface area contributed by atoms with Crippen LogP contribution in [-0.2, 0) is 6.42 Å². The van der Waals surface area contributed by atoms with E-state index < -0.39 is 11.6 Å². The molecule has 0 bridgehead atoms. The fourth-order valence-electron chi connectivity index (χ4n) is 2.66. The summed E-state index contributed by atoms with van der Waals surface area (Å²) in [6.45, 7) is 2.85. The molecule has 1 N–H and O–H groups in total.